The maximum atomic E-state index is 13.5. The van der Waals surface area contributed by atoms with E-state index in [1.807, 2.05) is 44.2 Å². The van der Waals surface area contributed by atoms with E-state index < -0.39 is 16.1 Å². The van der Waals surface area contributed by atoms with E-state index in [9.17, 15) is 18.0 Å². The van der Waals surface area contributed by atoms with Gasteiger partial charge < -0.3 is 15.0 Å². The fourth-order valence-corrected chi connectivity index (χ4v) is 5.91. The number of carbonyl (C=O) groups is 2. The van der Waals surface area contributed by atoms with E-state index in [0.717, 1.165) is 37.5 Å². The highest BCUT2D eigenvalue weighted by Crippen LogP contribution is 2.23. The number of hydrogen-bond acceptors (Lipinski definition) is 5. The van der Waals surface area contributed by atoms with Gasteiger partial charge in [0.05, 0.1) is 18.6 Å². The third-order valence-corrected chi connectivity index (χ3v) is 8.07. The molecule has 0 unspecified atom stereocenters. The molecule has 208 valence electrons. The van der Waals surface area contributed by atoms with E-state index in [0.29, 0.717) is 37.4 Å². The first kappa shape index (κ1) is 29.5. The molecule has 1 aliphatic rings. The van der Waals surface area contributed by atoms with E-state index in [-0.39, 0.29) is 30.8 Å². The Morgan fingerprint density at radius 1 is 1.03 bits per heavy atom. The van der Waals surface area contributed by atoms with Crippen LogP contribution < -0.4 is 14.4 Å². The van der Waals surface area contributed by atoms with Crippen LogP contribution in [0.5, 0.6) is 5.75 Å². The van der Waals surface area contributed by atoms with Gasteiger partial charge in [-0.25, -0.2) is 8.42 Å². The van der Waals surface area contributed by atoms with Crippen LogP contribution >= 0.6 is 0 Å². The lowest BCUT2D eigenvalue weighted by atomic mass is 10.1. The van der Waals surface area contributed by atoms with Crippen LogP contribution in [0.25, 0.3) is 0 Å². The number of carbonyl (C=O) groups excluding carboxylic acids is 2. The summed E-state index contributed by atoms with van der Waals surface area (Å²) in [6, 6.07) is 16.1. The number of benzene rings is 2. The molecule has 0 radical (unpaired) electrons. The zero-order chi connectivity index (χ0) is 27.5. The molecular formula is C29H41N3O5S. The van der Waals surface area contributed by atoms with Crippen molar-refractivity contribution >= 4 is 27.5 Å². The van der Waals surface area contributed by atoms with Gasteiger partial charge in [-0.05, 0) is 62.4 Å². The first-order valence-electron chi connectivity index (χ1n) is 13.6. The fourth-order valence-electron chi connectivity index (χ4n) is 4.95. The summed E-state index contributed by atoms with van der Waals surface area (Å²) in [4.78, 5) is 28.4. The third-order valence-electron chi connectivity index (χ3n) is 6.87. The van der Waals surface area contributed by atoms with Gasteiger partial charge in [0.25, 0.3) is 0 Å². The molecule has 3 rings (SSSR count). The molecule has 1 atom stereocenters. The van der Waals surface area contributed by atoms with Crippen LogP contribution in [0.15, 0.2) is 54.6 Å². The SMILES string of the molecule is CCOc1ccc(N(CCCC(=O)N(Cc2ccccc2)[C@@H](CC)C(=O)NC2CCCC2)S(C)(=O)=O)cc1. The highest BCUT2D eigenvalue weighted by atomic mass is 32.2. The van der Waals surface area contributed by atoms with E-state index in [2.05, 4.69) is 5.32 Å². The van der Waals surface area contributed by atoms with Gasteiger partial charge in [0.15, 0.2) is 0 Å². The van der Waals surface area contributed by atoms with Crippen LogP contribution in [0.3, 0.4) is 0 Å². The van der Waals surface area contributed by atoms with Crippen molar-refractivity contribution in [3.63, 3.8) is 0 Å². The molecule has 2 amide bonds. The molecule has 0 saturated heterocycles. The maximum Gasteiger partial charge on any atom is 0.243 e. The van der Waals surface area contributed by atoms with Crippen molar-refractivity contribution in [1.82, 2.24) is 10.2 Å². The molecule has 9 heteroatoms. The standard InChI is InChI=1S/C29H41N3O5S/c1-4-27(29(34)30-24-14-9-10-15-24)31(22-23-12-7-6-8-13-23)28(33)16-11-21-32(38(3,35)36)25-17-19-26(20-18-25)37-5-2/h6-8,12-13,17-20,24,27H,4-5,9-11,14-16,21-22H2,1-3H3,(H,30,34)/t27-/m0/s1. The molecule has 0 aromatic heterocycles. The Hall–Kier alpha value is -3.07. The molecule has 0 bridgehead atoms. The molecule has 1 fully saturated rings. The number of anilines is 1. The Kier molecular flexibility index (Phi) is 11.0. The molecule has 2 aromatic carbocycles. The minimum atomic E-state index is -3.55. The highest BCUT2D eigenvalue weighted by Gasteiger charge is 2.30. The first-order valence-corrected chi connectivity index (χ1v) is 15.4. The van der Waals surface area contributed by atoms with Gasteiger partial charge in [0.2, 0.25) is 21.8 Å². The number of sulfonamides is 1. The topological polar surface area (TPSA) is 96.0 Å². The fraction of sp³-hybridized carbons (Fsp3) is 0.517. The second-order valence-electron chi connectivity index (χ2n) is 9.79. The van der Waals surface area contributed by atoms with Crippen LogP contribution in [0.1, 0.15) is 64.4 Å². The van der Waals surface area contributed by atoms with E-state index in [1.165, 1.54) is 4.31 Å². The van der Waals surface area contributed by atoms with E-state index in [4.69, 9.17) is 4.74 Å². The van der Waals surface area contributed by atoms with Crippen molar-refractivity contribution in [3.05, 3.63) is 60.2 Å². The predicted molar refractivity (Wildman–Crippen MR) is 151 cm³/mol. The molecule has 0 aliphatic heterocycles. The Bertz CT molecular complexity index is 1130. The lowest BCUT2D eigenvalue weighted by Crippen LogP contribution is -2.51. The second kappa shape index (κ2) is 14.2. The number of hydrogen-bond donors (Lipinski definition) is 1. The Morgan fingerprint density at radius 2 is 1.68 bits per heavy atom. The first-order chi connectivity index (χ1) is 18.2. The summed E-state index contributed by atoms with van der Waals surface area (Å²) in [6.45, 7) is 4.81. The summed E-state index contributed by atoms with van der Waals surface area (Å²) in [7, 11) is -3.55. The highest BCUT2D eigenvalue weighted by molar-refractivity contribution is 7.92. The van der Waals surface area contributed by atoms with E-state index in [1.54, 1.807) is 29.2 Å². The van der Waals surface area contributed by atoms with Crippen molar-refractivity contribution in [3.8, 4) is 5.75 Å². The Morgan fingerprint density at radius 3 is 2.26 bits per heavy atom. The summed E-state index contributed by atoms with van der Waals surface area (Å²) < 4.78 is 31.9. The molecule has 8 nitrogen and oxygen atoms in total. The zero-order valence-corrected chi connectivity index (χ0v) is 23.6. The summed E-state index contributed by atoms with van der Waals surface area (Å²) in [5, 5.41) is 3.15. The Labute approximate surface area is 227 Å². The number of nitrogens with one attached hydrogen (secondary N) is 1. The van der Waals surface area contributed by atoms with Gasteiger partial charge in [-0.2, -0.15) is 0 Å². The molecule has 1 aliphatic carbocycles. The minimum absolute atomic E-state index is 0.115. The summed E-state index contributed by atoms with van der Waals surface area (Å²) in [5.41, 5.74) is 1.46. The zero-order valence-electron chi connectivity index (χ0n) is 22.8. The molecule has 38 heavy (non-hydrogen) atoms. The van der Waals surface area contributed by atoms with Crippen LogP contribution in [0.2, 0.25) is 0 Å². The quantitative estimate of drug-likeness (QED) is 0.379. The lowest BCUT2D eigenvalue weighted by Gasteiger charge is -2.32. The molecule has 1 saturated carbocycles. The third kappa shape index (κ3) is 8.48. The van der Waals surface area contributed by atoms with E-state index >= 15 is 0 Å². The molecule has 1 N–H and O–H groups in total. The van der Waals surface area contributed by atoms with Crippen LogP contribution in [-0.4, -0.2) is 56.6 Å². The number of rotatable bonds is 14. The van der Waals surface area contributed by atoms with Crippen LogP contribution in [0.4, 0.5) is 5.69 Å². The van der Waals surface area contributed by atoms with Crippen LogP contribution in [0, 0.1) is 0 Å². The summed E-state index contributed by atoms with van der Waals surface area (Å²) >= 11 is 0. The average Bonchev–Trinajstić information content (AvgIpc) is 3.40. The molecule has 0 spiro atoms. The molecular weight excluding hydrogens is 502 g/mol. The summed E-state index contributed by atoms with van der Waals surface area (Å²) in [6.07, 6.45) is 6.28. The van der Waals surface area contributed by atoms with Gasteiger partial charge in [0.1, 0.15) is 11.8 Å². The van der Waals surface area contributed by atoms with Crippen molar-refractivity contribution in [2.75, 3.05) is 23.7 Å². The largest absolute Gasteiger partial charge is 0.494 e. The van der Waals surface area contributed by atoms with Crippen molar-refractivity contribution < 1.29 is 22.7 Å². The van der Waals surface area contributed by atoms with Gasteiger partial charge >= 0.3 is 0 Å². The average molecular weight is 544 g/mol. The minimum Gasteiger partial charge on any atom is -0.494 e. The Balaban J connectivity index is 1.71. The number of nitrogens with zero attached hydrogens (tertiary/aromatic N) is 2. The van der Waals surface area contributed by atoms with Crippen molar-refractivity contribution in [2.45, 2.75) is 77.4 Å². The normalized spacial score (nSPS) is 14.6. The van der Waals surface area contributed by atoms with Gasteiger partial charge in [-0.15, -0.1) is 0 Å². The van der Waals surface area contributed by atoms with Gasteiger partial charge in [-0.3, -0.25) is 13.9 Å². The summed E-state index contributed by atoms with van der Waals surface area (Å²) in [5.74, 6) is 0.385. The maximum absolute atomic E-state index is 13.5. The van der Waals surface area contributed by atoms with Crippen molar-refractivity contribution in [2.24, 2.45) is 0 Å². The second-order valence-corrected chi connectivity index (χ2v) is 11.7. The van der Waals surface area contributed by atoms with Crippen molar-refractivity contribution in [1.29, 1.82) is 0 Å². The number of ether oxygens (including phenoxy) is 1. The smallest absolute Gasteiger partial charge is 0.243 e. The monoisotopic (exact) mass is 543 g/mol. The molecule has 0 heterocycles. The predicted octanol–water partition coefficient (Wildman–Crippen LogP) is 4.50. The lowest BCUT2D eigenvalue weighted by molar-refractivity contribution is -0.141. The van der Waals surface area contributed by atoms with Gasteiger partial charge in [0, 0.05) is 25.6 Å². The van der Waals surface area contributed by atoms with Gasteiger partial charge in [-0.1, -0.05) is 50.1 Å². The number of amides is 2. The van der Waals surface area contributed by atoms with Crippen LogP contribution in [-0.2, 0) is 26.2 Å². The molecule has 2 aromatic rings.